The second-order valence-electron chi connectivity index (χ2n) is 7.18. The number of nitrogens with two attached hydrogens (primary N) is 1. The summed E-state index contributed by atoms with van der Waals surface area (Å²) in [6.07, 6.45) is 7.51. The number of amides is 2. The number of rotatable bonds is 5. The van der Waals surface area contributed by atoms with E-state index in [9.17, 15) is 9.59 Å². The number of nitrogens with one attached hydrogen (secondary N) is 1. The van der Waals surface area contributed by atoms with Crippen molar-refractivity contribution in [1.29, 1.82) is 0 Å². The smallest absolute Gasteiger partial charge is 0.251 e. The van der Waals surface area contributed by atoms with Gasteiger partial charge in [-0.25, -0.2) is 0 Å². The van der Waals surface area contributed by atoms with E-state index in [1.165, 1.54) is 12.8 Å². The van der Waals surface area contributed by atoms with E-state index >= 15 is 0 Å². The average Bonchev–Trinajstić information content (AvgIpc) is 3.09. The molecule has 5 nitrogen and oxygen atoms in total. The van der Waals surface area contributed by atoms with Gasteiger partial charge >= 0.3 is 0 Å². The lowest BCUT2D eigenvalue weighted by Gasteiger charge is -2.37. The van der Waals surface area contributed by atoms with Crippen LogP contribution in [0.3, 0.4) is 0 Å². The maximum atomic E-state index is 12.8. The van der Waals surface area contributed by atoms with Crippen molar-refractivity contribution in [2.24, 2.45) is 5.73 Å². The Kier molecular flexibility index (Phi) is 5.07. The fraction of sp³-hybridized carbons (Fsp3) is 0.579. The zero-order chi connectivity index (χ0) is 17.0. The molecule has 0 bridgehead atoms. The Hall–Kier alpha value is -2.04. The zero-order valence-corrected chi connectivity index (χ0v) is 14.2. The third kappa shape index (κ3) is 3.89. The minimum absolute atomic E-state index is 0.0980. The molecule has 24 heavy (non-hydrogen) atoms. The molecule has 1 saturated heterocycles. The Morgan fingerprint density at radius 3 is 2.46 bits per heavy atom. The van der Waals surface area contributed by atoms with E-state index in [4.69, 9.17) is 5.73 Å². The predicted octanol–water partition coefficient (Wildman–Crippen LogP) is 2.59. The van der Waals surface area contributed by atoms with Gasteiger partial charge in [-0.05, 0) is 43.9 Å². The van der Waals surface area contributed by atoms with Crippen molar-refractivity contribution in [2.75, 3.05) is 18.0 Å². The van der Waals surface area contributed by atoms with Crippen LogP contribution in [0, 0.1) is 0 Å². The van der Waals surface area contributed by atoms with Gasteiger partial charge in [0, 0.05) is 36.3 Å². The molecule has 1 aliphatic heterocycles. The van der Waals surface area contributed by atoms with E-state index in [1.807, 2.05) is 18.2 Å². The summed E-state index contributed by atoms with van der Waals surface area (Å²) in [4.78, 5) is 26.6. The standard InChI is InChI=1S/C19H27N3O2/c20-17(23)14-19(9-2-1-3-10-19)21-18(24)15-7-6-8-16(13-15)22-11-4-5-12-22/h6-8,13H,1-5,9-12,14H2,(H2,20,23)(H,21,24). The van der Waals surface area contributed by atoms with Gasteiger partial charge < -0.3 is 16.0 Å². The van der Waals surface area contributed by atoms with Crippen molar-refractivity contribution < 1.29 is 9.59 Å². The van der Waals surface area contributed by atoms with Gasteiger partial charge in [0.1, 0.15) is 0 Å². The molecule has 2 aliphatic rings. The highest BCUT2D eigenvalue weighted by atomic mass is 16.2. The van der Waals surface area contributed by atoms with Gasteiger partial charge in [0.2, 0.25) is 5.91 Å². The number of carbonyl (C=O) groups excluding carboxylic acids is 2. The molecule has 2 amide bonds. The summed E-state index contributed by atoms with van der Waals surface area (Å²) in [6, 6.07) is 7.79. The molecule has 1 aromatic rings. The Balaban J connectivity index is 1.75. The highest BCUT2D eigenvalue weighted by molar-refractivity contribution is 5.96. The second kappa shape index (κ2) is 7.24. The van der Waals surface area contributed by atoms with Crippen molar-refractivity contribution >= 4 is 17.5 Å². The molecule has 1 saturated carbocycles. The number of primary amides is 1. The van der Waals surface area contributed by atoms with E-state index in [2.05, 4.69) is 16.3 Å². The van der Waals surface area contributed by atoms with E-state index in [0.717, 1.165) is 50.9 Å². The van der Waals surface area contributed by atoms with Crippen LogP contribution in [0.15, 0.2) is 24.3 Å². The lowest BCUT2D eigenvalue weighted by atomic mass is 9.79. The van der Waals surface area contributed by atoms with Gasteiger partial charge in [-0.15, -0.1) is 0 Å². The first-order chi connectivity index (χ1) is 11.6. The summed E-state index contributed by atoms with van der Waals surface area (Å²) < 4.78 is 0. The van der Waals surface area contributed by atoms with E-state index in [-0.39, 0.29) is 18.2 Å². The maximum absolute atomic E-state index is 12.8. The van der Waals surface area contributed by atoms with Crippen LogP contribution >= 0.6 is 0 Å². The Morgan fingerprint density at radius 2 is 1.79 bits per heavy atom. The SMILES string of the molecule is NC(=O)CC1(NC(=O)c2cccc(N3CCCC3)c2)CCCCC1. The molecule has 0 radical (unpaired) electrons. The highest BCUT2D eigenvalue weighted by Crippen LogP contribution is 2.31. The molecule has 1 aliphatic carbocycles. The van der Waals surface area contributed by atoms with Gasteiger partial charge in [0.25, 0.3) is 5.91 Å². The molecule has 0 atom stereocenters. The molecule has 1 aromatic carbocycles. The zero-order valence-electron chi connectivity index (χ0n) is 14.2. The van der Waals surface area contributed by atoms with Crippen LogP contribution in [0.5, 0.6) is 0 Å². The number of anilines is 1. The van der Waals surface area contributed by atoms with Crippen molar-refractivity contribution in [3.8, 4) is 0 Å². The van der Waals surface area contributed by atoms with Crippen LogP contribution in [0.1, 0.15) is 61.7 Å². The van der Waals surface area contributed by atoms with Crippen LogP contribution in [0.2, 0.25) is 0 Å². The molecule has 0 unspecified atom stereocenters. The van der Waals surface area contributed by atoms with Crippen molar-refractivity contribution in [1.82, 2.24) is 5.32 Å². The Bertz CT molecular complexity index is 602. The molecule has 3 N–H and O–H groups in total. The summed E-state index contributed by atoms with van der Waals surface area (Å²) in [5.74, 6) is -0.442. The summed E-state index contributed by atoms with van der Waals surface area (Å²) in [7, 11) is 0. The molecule has 130 valence electrons. The predicted molar refractivity (Wildman–Crippen MR) is 95.0 cm³/mol. The van der Waals surface area contributed by atoms with E-state index < -0.39 is 5.54 Å². The summed E-state index contributed by atoms with van der Waals surface area (Å²) in [6.45, 7) is 2.10. The lowest BCUT2D eigenvalue weighted by molar-refractivity contribution is -0.119. The molecule has 5 heteroatoms. The minimum atomic E-state index is -0.467. The van der Waals surface area contributed by atoms with Gasteiger partial charge in [0.05, 0.1) is 0 Å². The van der Waals surface area contributed by atoms with Crippen LogP contribution < -0.4 is 16.0 Å². The fourth-order valence-electron chi connectivity index (χ4n) is 4.04. The second-order valence-corrected chi connectivity index (χ2v) is 7.18. The monoisotopic (exact) mass is 329 g/mol. The molecule has 2 fully saturated rings. The van der Waals surface area contributed by atoms with Gasteiger partial charge in [0.15, 0.2) is 0 Å². The molecular weight excluding hydrogens is 302 g/mol. The normalized spacial score (nSPS) is 19.9. The highest BCUT2D eigenvalue weighted by Gasteiger charge is 2.35. The minimum Gasteiger partial charge on any atom is -0.372 e. The third-order valence-electron chi connectivity index (χ3n) is 5.28. The number of nitrogens with zero attached hydrogens (tertiary/aromatic N) is 1. The van der Waals surface area contributed by atoms with Crippen LogP contribution in [0.25, 0.3) is 0 Å². The Morgan fingerprint density at radius 1 is 1.08 bits per heavy atom. The first kappa shape index (κ1) is 16.8. The third-order valence-corrected chi connectivity index (χ3v) is 5.28. The average molecular weight is 329 g/mol. The van der Waals surface area contributed by atoms with E-state index in [0.29, 0.717) is 5.56 Å². The van der Waals surface area contributed by atoms with Crippen LogP contribution in [-0.4, -0.2) is 30.4 Å². The number of hydrogen-bond acceptors (Lipinski definition) is 3. The van der Waals surface area contributed by atoms with Crippen molar-refractivity contribution in [3.63, 3.8) is 0 Å². The lowest BCUT2D eigenvalue weighted by Crippen LogP contribution is -2.52. The first-order valence-corrected chi connectivity index (χ1v) is 9.04. The molecule has 1 heterocycles. The number of benzene rings is 1. The topological polar surface area (TPSA) is 75.4 Å². The number of carbonyl (C=O) groups is 2. The largest absolute Gasteiger partial charge is 0.372 e. The van der Waals surface area contributed by atoms with Gasteiger partial charge in [-0.1, -0.05) is 25.3 Å². The summed E-state index contributed by atoms with van der Waals surface area (Å²) in [5.41, 5.74) is 6.73. The summed E-state index contributed by atoms with van der Waals surface area (Å²) >= 11 is 0. The Labute approximate surface area is 143 Å². The van der Waals surface area contributed by atoms with E-state index in [1.54, 1.807) is 0 Å². The first-order valence-electron chi connectivity index (χ1n) is 9.04. The quantitative estimate of drug-likeness (QED) is 0.872. The molecule has 0 spiro atoms. The summed E-state index contributed by atoms with van der Waals surface area (Å²) in [5, 5.41) is 3.14. The van der Waals surface area contributed by atoms with Gasteiger partial charge in [-0.3, -0.25) is 9.59 Å². The molecule has 0 aromatic heterocycles. The maximum Gasteiger partial charge on any atom is 0.251 e. The van der Waals surface area contributed by atoms with Crippen molar-refractivity contribution in [3.05, 3.63) is 29.8 Å². The van der Waals surface area contributed by atoms with Crippen LogP contribution in [-0.2, 0) is 4.79 Å². The van der Waals surface area contributed by atoms with Crippen molar-refractivity contribution in [2.45, 2.75) is 56.9 Å². The molecule has 3 rings (SSSR count). The van der Waals surface area contributed by atoms with Gasteiger partial charge in [-0.2, -0.15) is 0 Å². The number of hydrogen-bond donors (Lipinski definition) is 2. The fourth-order valence-corrected chi connectivity index (χ4v) is 4.04. The molecular formula is C19H27N3O2. The van der Waals surface area contributed by atoms with Crippen LogP contribution in [0.4, 0.5) is 5.69 Å².